The second-order valence-corrected chi connectivity index (χ2v) is 21.6. The van der Waals surface area contributed by atoms with Crippen LogP contribution in [0.25, 0.3) is 0 Å². The molecule has 0 amide bonds. The van der Waals surface area contributed by atoms with Gasteiger partial charge in [-0.3, -0.25) is 0 Å². The van der Waals surface area contributed by atoms with Gasteiger partial charge in [-0.2, -0.15) is 0 Å². The third-order valence-electron chi connectivity index (χ3n) is 7.97. The van der Waals surface area contributed by atoms with Gasteiger partial charge >= 0.3 is 0 Å². The number of hydrogen-bond acceptors (Lipinski definition) is 3. The first-order valence-corrected chi connectivity index (χ1v) is 16.9. The van der Waals surface area contributed by atoms with Gasteiger partial charge in [-0.15, -0.1) is 0 Å². The van der Waals surface area contributed by atoms with Crippen molar-refractivity contribution in [3.63, 3.8) is 0 Å². The van der Waals surface area contributed by atoms with E-state index in [1.807, 2.05) is 0 Å². The molecule has 0 spiro atoms. The van der Waals surface area contributed by atoms with E-state index in [4.69, 9.17) is 8.85 Å². The van der Waals surface area contributed by atoms with Crippen LogP contribution in [0.3, 0.4) is 0 Å². The number of rotatable bonds is 5. The summed E-state index contributed by atoms with van der Waals surface area (Å²) in [6.07, 6.45) is 8.57. The highest BCUT2D eigenvalue weighted by Crippen LogP contribution is 2.50. The fourth-order valence-corrected chi connectivity index (χ4v) is 6.48. The summed E-state index contributed by atoms with van der Waals surface area (Å²) >= 11 is 0. The lowest BCUT2D eigenvalue weighted by Gasteiger charge is -2.50. The molecule has 2 rings (SSSR count). The van der Waals surface area contributed by atoms with E-state index >= 15 is 0 Å². The molecule has 0 aliphatic heterocycles. The number of carbonyl (C=O) groups is 1. The van der Waals surface area contributed by atoms with Crippen LogP contribution in [-0.2, 0) is 13.6 Å². The second kappa shape index (κ2) is 7.79. The maximum Gasteiger partial charge on any atom is 0.193 e. The standard InChI is InChI=1S/C23H44O3Si2/c1-21(2,3)27(7,8)25-19-15-18-13-11-12-14-23(18,17-24)16-20(19)26-28(9,10)22(4,5)6/h15,17,19-20H,11-14,16H2,1-10H3/t19?,20?,23-/m0/s1. The zero-order valence-corrected chi connectivity index (χ0v) is 22.1. The zero-order chi connectivity index (χ0) is 21.6. The van der Waals surface area contributed by atoms with Crippen LogP contribution in [0, 0.1) is 5.41 Å². The Balaban J connectivity index is 2.43. The van der Waals surface area contributed by atoms with Crippen molar-refractivity contribution in [2.45, 2.75) is 122 Å². The van der Waals surface area contributed by atoms with E-state index in [0.29, 0.717) is 0 Å². The van der Waals surface area contributed by atoms with Crippen molar-refractivity contribution in [3.05, 3.63) is 11.6 Å². The van der Waals surface area contributed by atoms with Gasteiger partial charge in [0.05, 0.1) is 12.2 Å². The van der Waals surface area contributed by atoms with E-state index in [1.54, 1.807) is 0 Å². The van der Waals surface area contributed by atoms with Crippen molar-refractivity contribution in [1.82, 2.24) is 0 Å². The molecule has 2 aliphatic rings. The van der Waals surface area contributed by atoms with E-state index in [0.717, 1.165) is 25.7 Å². The average molecular weight is 425 g/mol. The van der Waals surface area contributed by atoms with Crippen molar-refractivity contribution in [2.24, 2.45) is 5.41 Å². The number of carbonyl (C=O) groups excluding carboxylic acids is 1. The van der Waals surface area contributed by atoms with Gasteiger partial charge in [0.1, 0.15) is 6.29 Å². The Kier molecular flexibility index (Phi) is 6.68. The summed E-state index contributed by atoms with van der Waals surface area (Å²) in [5, 5.41) is 0.290. The highest BCUT2D eigenvalue weighted by atomic mass is 28.4. The van der Waals surface area contributed by atoms with Gasteiger partial charge in [0.2, 0.25) is 0 Å². The maximum atomic E-state index is 12.3. The van der Waals surface area contributed by atoms with Crippen LogP contribution in [-0.4, -0.2) is 35.1 Å². The van der Waals surface area contributed by atoms with Crippen LogP contribution >= 0.6 is 0 Å². The van der Waals surface area contributed by atoms with Crippen LogP contribution in [0.5, 0.6) is 0 Å². The first-order chi connectivity index (χ1) is 12.5. The molecule has 0 saturated heterocycles. The van der Waals surface area contributed by atoms with Gasteiger partial charge < -0.3 is 13.6 Å². The SMILES string of the molecule is CC(C)(C)[Si](C)(C)OC1C=C2CCCC[C@@]2(C=O)CC1O[Si](C)(C)C(C)(C)C. The molecule has 3 atom stereocenters. The van der Waals surface area contributed by atoms with Gasteiger partial charge in [-0.25, -0.2) is 0 Å². The molecule has 0 aromatic heterocycles. The largest absolute Gasteiger partial charge is 0.411 e. The Morgan fingerprint density at radius 1 is 0.964 bits per heavy atom. The van der Waals surface area contributed by atoms with Crippen LogP contribution in [0.15, 0.2) is 11.6 Å². The van der Waals surface area contributed by atoms with Crippen molar-refractivity contribution < 1.29 is 13.6 Å². The Bertz CT molecular complexity index is 610. The third kappa shape index (κ3) is 4.74. The first kappa shape index (κ1) is 24.0. The molecule has 0 aromatic rings. The highest BCUT2D eigenvalue weighted by molar-refractivity contribution is 6.74. The van der Waals surface area contributed by atoms with Gasteiger partial charge in [0.15, 0.2) is 16.6 Å². The van der Waals surface area contributed by atoms with Gasteiger partial charge in [-0.05, 0) is 61.9 Å². The molecular formula is C23H44O3Si2. The quantitative estimate of drug-likeness (QED) is 0.275. The van der Waals surface area contributed by atoms with Gasteiger partial charge in [0, 0.05) is 5.41 Å². The Hall–Kier alpha value is -0.236. The van der Waals surface area contributed by atoms with E-state index in [9.17, 15) is 4.79 Å². The second-order valence-electron chi connectivity index (χ2n) is 12.1. The Morgan fingerprint density at radius 2 is 1.50 bits per heavy atom. The molecule has 2 unspecified atom stereocenters. The lowest BCUT2D eigenvalue weighted by atomic mass is 9.64. The van der Waals surface area contributed by atoms with E-state index in [2.05, 4.69) is 73.8 Å². The molecule has 0 heterocycles. The summed E-state index contributed by atoms with van der Waals surface area (Å²) in [7, 11) is -3.91. The Labute approximate surface area is 175 Å². The molecule has 0 N–H and O–H groups in total. The van der Waals surface area contributed by atoms with Gasteiger partial charge in [-0.1, -0.05) is 59.6 Å². The number of aldehydes is 1. The van der Waals surface area contributed by atoms with E-state index in [1.165, 1.54) is 18.3 Å². The highest BCUT2D eigenvalue weighted by Gasteiger charge is 2.50. The topological polar surface area (TPSA) is 35.5 Å². The normalized spacial score (nSPS) is 29.9. The number of fused-ring (bicyclic) bond motifs is 1. The van der Waals surface area contributed by atoms with Crippen molar-refractivity contribution in [2.75, 3.05) is 0 Å². The smallest absolute Gasteiger partial charge is 0.193 e. The fourth-order valence-electron chi connectivity index (χ4n) is 3.90. The molecule has 0 aromatic carbocycles. The molecule has 0 bridgehead atoms. The third-order valence-corrected chi connectivity index (χ3v) is 16.9. The van der Waals surface area contributed by atoms with E-state index < -0.39 is 16.6 Å². The van der Waals surface area contributed by atoms with Crippen molar-refractivity contribution in [1.29, 1.82) is 0 Å². The molecule has 5 heteroatoms. The predicted octanol–water partition coefficient (Wildman–Crippen LogP) is 6.86. The van der Waals surface area contributed by atoms with Crippen LogP contribution in [0.1, 0.15) is 73.6 Å². The lowest BCUT2D eigenvalue weighted by molar-refractivity contribution is -0.118. The molecule has 1 saturated carbocycles. The Morgan fingerprint density at radius 3 is 2.00 bits per heavy atom. The van der Waals surface area contributed by atoms with Crippen molar-refractivity contribution >= 4 is 22.9 Å². The molecule has 3 nitrogen and oxygen atoms in total. The summed E-state index contributed by atoms with van der Waals surface area (Å²) in [5.74, 6) is 0. The summed E-state index contributed by atoms with van der Waals surface area (Å²) in [5.41, 5.74) is 0.992. The fraction of sp³-hybridized carbons (Fsp3) is 0.870. The molecule has 162 valence electrons. The van der Waals surface area contributed by atoms with E-state index in [-0.39, 0.29) is 27.7 Å². The number of hydrogen-bond donors (Lipinski definition) is 0. The molecule has 1 fully saturated rings. The monoisotopic (exact) mass is 424 g/mol. The summed E-state index contributed by atoms with van der Waals surface area (Å²) in [4.78, 5) is 12.3. The molecule has 2 aliphatic carbocycles. The predicted molar refractivity (Wildman–Crippen MR) is 124 cm³/mol. The van der Waals surface area contributed by atoms with Crippen LogP contribution in [0.2, 0.25) is 36.3 Å². The minimum Gasteiger partial charge on any atom is -0.411 e. The maximum absolute atomic E-state index is 12.3. The summed E-state index contributed by atoms with van der Waals surface area (Å²) in [6, 6.07) is 0. The molecule has 28 heavy (non-hydrogen) atoms. The average Bonchev–Trinajstić information content (AvgIpc) is 2.52. The lowest BCUT2D eigenvalue weighted by Crippen LogP contribution is -2.55. The molecule has 0 radical (unpaired) electrons. The first-order valence-electron chi connectivity index (χ1n) is 11.1. The minimum atomic E-state index is -1.97. The van der Waals surface area contributed by atoms with Crippen molar-refractivity contribution in [3.8, 4) is 0 Å². The molecular weight excluding hydrogens is 380 g/mol. The number of allylic oxidation sites excluding steroid dienone is 1. The zero-order valence-electron chi connectivity index (χ0n) is 20.1. The minimum absolute atomic E-state index is 0.0259. The van der Waals surface area contributed by atoms with Crippen LogP contribution < -0.4 is 0 Å². The summed E-state index contributed by atoms with van der Waals surface area (Å²) in [6.45, 7) is 23.0. The summed E-state index contributed by atoms with van der Waals surface area (Å²) < 4.78 is 13.8. The van der Waals surface area contributed by atoms with Crippen LogP contribution in [0.4, 0.5) is 0 Å². The van der Waals surface area contributed by atoms with Gasteiger partial charge in [0.25, 0.3) is 0 Å².